The molecular weight excluding hydrogens is 470 g/mol. The van der Waals surface area contributed by atoms with E-state index in [0.29, 0.717) is 0 Å². The lowest BCUT2D eigenvalue weighted by molar-refractivity contribution is 1.22. The van der Waals surface area contributed by atoms with Gasteiger partial charge < -0.3 is 4.90 Å². The molecule has 0 amide bonds. The summed E-state index contributed by atoms with van der Waals surface area (Å²) in [6, 6.07) is 41.3. The minimum Gasteiger partial charge on any atom is -0.310 e. The van der Waals surface area contributed by atoms with Gasteiger partial charge in [0.05, 0.1) is 0 Å². The molecule has 5 rings (SSSR count). The highest BCUT2D eigenvalue weighted by Gasteiger charge is 2.15. The van der Waals surface area contributed by atoms with Crippen LogP contribution in [-0.2, 0) is 0 Å². The van der Waals surface area contributed by atoms with Crippen LogP contribution in [0.4, 0.5) is 17.1 Å². The number of hydrogen-bond acceptors (Lipinski definition) is 1. The zero-order chi connectivity index (χ0) is 27.2. The Morgan fingerprint density at radius 1 is 0.410 bits per heavy atom. The van der Waals surface area contributed by atoms with Gasteiger partial charge >= 0.3 is 0 Å². The second-order valence-corrected chi connectivity index (χ2v) is 10.2. The zero-order valence-corrected chi connectivity index (χ0v) is 23.2. The summed E-state index contributed by atoms with van der Waals surface area (Å²) in [5.74, 6) is 0. The fourth-order valence-electron chi connectivity index (χ4n) is 4.61. The van der Waals surface area contributed by atoms with Gasteiger partial charge in [0.2, 0.25) is 0 Å². The minimum absolute atomic E-state index is 1.14. The van der Waals surface area contributed by atoms with Crippen molar-refractivity contribution < 1.29 is 0 Å². The molecule has 0 aliphatic rings. The average Bonchev–Trinajstić information content (AvgIpc) is 2.96. The number of anilines is 3. The Kier molecular flexibility index (Phi) is 7.89. The van der Waals surface area contributed by atoms with E-state index in [0.717, 1.165) is 11.4 Å². The summed E-state index contributed by atoms with van der Waals surface area (Å²) in [5, 5.41) is 0. The third-order valence-corrected chi connectivity index (χ3v) is 7.21. The lowest BCUT2D eigenvalue weighted by atomic mass is 10.0. The van der Waals surface area contributed by atoms with Gasteiger partial charge in [0.15, 0.2) is 0 Å². The van der Waals surface area contributed by atoms with E-state index >= 15 is 0 Å². The molecule has 0 saturated heterocycles. The minimum atomic E-state index is 1.14. The smallest absolute Gasteiger partial charge is 0.0493 e. The summed E-state index contributed by atoms with van der Waals surface area (Å²) < 4.78 is 0. The van der Waals surface area contributed by atoms with Gasteiger partial charge in [0, 0.05) is 17.1 Å². The molecule has 0 unspecified atom stereocenters. The lowest BCUT2D eigenvalue weighted by Gasteiger charge is -2.28. The van der Waals surface area contributed by atoms with E-state index in [4.69, 9.17) is 0 Å². The molecule has 0 N–H and O–H groups in total. The van der Waals surface area contributed by atoms with Crippen LogP contribution in [-0.4, -0.2) is 0 Å². The molecule has 0 spiro atoms. The summed E-state index contributed by atoms with van der Waals surface area (Å²) in [5.41, 5.74) is 13.4. The molecule has 0 aliphatic carbocycles. The van der Waals surface area contributed by atoms with Crippen molar-refractivity contribution in [3.63, 3.8) is 0 Å². The zero-order valence-electron chi connectivity index (χ0n) is 23.2. The van der Waals surface area contributed by atoms with Gasteiger partial charge in [-0.3, -0.25) is 0 Å². The number of nitrogens with zero attached hydrogens (tertiary/aromatic N) is 1. The molecule has 0 aliphatic heterocycles. The van der Waals surface area contributed by atoms with Crippen molar-refractivity contribution in [1.82, 2.24) is 0 Å². The van der Waals surface area contributed by atoms with Gasteiger partial charge in [-0.05, 0) is 91.4 Å². The Morgan fingerprint density at radius 2 is 0.769 bits per heavy atom. The molecule has 0 aromatic heterocycles. The Hall–Kier alpha value is -4.62. The largest absolute Gasteiger partial charge is 0.310 e. The van der Waals surface area contributed by atoms with E-state index in [9.17, 15) is 0 Å². The number of rotatable bonds is 7. The average molecular weight is 506 g/mol. The van der Waals surface area contributed by atoms with E-state index in [2.05, 4.69) is 172 Å². The molecule has 5 aromatic rings. The summed E-state index contributed by atoms with van der Waals surface area (Å²) in [6.45, 7) is 8.61. The van der Waals surface area contributed by atoms with Gasteiger partial charge in [-0.25, -0.2) is 0 Å². The highest BCUT2D eigenvalue weighted by atomic mass is 15.1. The van der Waals surface area contributed by atoms with Crippen molar-refractivity contribution in [2.45, 2.75) is 27.7 Å². The van der Waals surface area contributed by atoms with Crippen molar-refractivity contribution in [3.8, 4) is 0 Å². The van der Waals surface area contributed by atoms with E-state index < -0.39 is 0 Å². The molecular formula is C38H35N. The summed E-state index contributed by atoms with van der Waals surface area (Å²) >= 11 is 0. The number of hydrogen-bond donors (Lipinski definition) is 0. The van der Waals surface area contributed by atoms with Crippen LogP contribution >= 0.6 is 0 Å². The van der Waals surface area contributed by atoms with Gasteiger partial charge in [0.25, 0.3) is 0 Å². The van der Waals surface area contributed by atoms with Gasteiger partial charge in [-0.15, -0.1) is 0 Å². The van der Waals surface area contributed by atoms with Crippen LogP contribution in [0.3, 0.4) is 0 Å². The van der Waals surface area contributed by atoms with E-state index in [1.807, 2.05) is 0 Å². The molecule has 39 heavy (non-hydrogen) atoms. The molecule has 0 atom stereocenters. The first-order valence-electron chi connectivity index (χ1n) is 13.5. The summed E-state index contributed by atoms with van der Waals surface area (Å²) in [4.78, 5) is 2.35. The Labute approximate surface area is 233 Å². The molecule has 1 nitrogen and oxygen atoms in total. The predicted octanol–water partition coefficient (Wildman–Crippen LogP) is 10.7. The van der Waals surface area contributed by atoms with Gasteiger partial charge in [-0.2, -0.15) is 0 Å². The number of benzene rings is 5. The predicted molar refractivity (Wildman–Crippen MR) is 171 cm³/mol. The van der Waals surface area contributed by atoms with Crippen LogP contribution in [0.5, 0.6) is 0 Å². The lowest BCUT2D eigenvalue weighted by Crippen LogP contribution is -2.11. The first kappa shape index (κ1) is 26.0. The van der Waals surface area contributed by atoms with Crippen molar-refractivity contribution in [1.29, 1.82) is 0 Å². The van der Waals surface area contributed by atoms with Gasteiger partial charge in [0.1, 0.15) is 0 Å². The van der Waals surface area contributed by atoms with Crippen molar-refractivity contribution in [3.05, 3.63) is 160 Å². The van der Waals surface area contributed by atoms with E-state index in [1.165, 1.54) is 50.2 Å². The Bertz CT molecular complexity index is 1490. The third-order valence-electron chi connectivity index (χ3n) is 7.21. The van der Waals surface area contributed by atoms with Crippen LogP contribution < -0.4 is 4.90 Å². The van der Waals surface area contributed by atoms with Crippen LogP contribution in [0.15, 0.2) is 115 Å². The van der Waals surface area contributed by atoms with Crippen LogP contribution in [0.2, 0.25) is 0 Å². The maximum Gasteiger partial charge on any atom is 0.0493 e. The fraction of sp³-hybridized carbons (Fsp3) is 0.105. The Balaban J connectivity index is 1.44. The third kappa shape index (κ3) is 6.45. The van der Waals surface area contributed by atoms with Crippen LogP contribution in [0.1, 0.15) is 44.5 Å². The molecule has 1 heteroatoms. The highest BCUT2D eigenvalue weighted by molar-refractivity contribution is 5.81. The summed E-state index contributed by atoms with van der Waals surface area (Å²) in [6.07, 6.45) is 8.68. The van der Waals surface area contributed by atoms with Crippen LogP contribution in [0, 0.1) is 27.7 Å². The second kappa shape index (κ2) is 11.8. The molecule has 0 fully saturated rings. The Morgan fingerprint density at radius 3 is 1.15 bits per heavy atom. The molecule has 192 valence electrons. The quantitative estimate of drug-likeness (QED) is 0.199. The van der Waals surface area contributed by atoms with E-state index in [-0.39, 0.29) is 0 Å². The van der Waals surface area contributed by atoms with Crippen LogP contribution in [0.25, 0.3) is 24.3 Å². The monoisotopic (exact) mass is 505 g/mol. The molecule has 5 aromatic carbocycles. The normalized spacial score (nSPS) is 11.4. The second-order valence-electron chi connectivity index (χ2n) is 10.2. The molecule has 0 radical (unpaired) electrons. The van der Waals surface area contributed by atoms with Crippen molar-refractivity contribution in [2.24, 2.45) is 0 Å². The van der Waals surface area contributed by atoms with Gasteiger partial charge in [-0.1, -0.05) is 120 Å². The van der Waals surface area contributed by atoms with Crippen molar-refractivity contribution >= 4 is 41.4 Å². The first-order chi connectivity index (χ1) is 19.0. The maximum atomic E-state index is 2.35. The first-order valence-corrected chi connectivity index (χ1v) is 13.5. The maximum absolute atomic E-state index is 2.35. The topological polar surface area (TPSA) is 3.24 Å². The fourth-order valence-corrected chi connectivity index (χ4v) is 4.61. The van der Waals surface area contributed by atoms with Crippen molar-refractivity contribution in [2.75, 3.05) is 4.90 Å². The summed E-state index contributed by atoms with van der Waals surface area (Å²) in [7, 11) is 0. The standard InChI is InChI=1S/C38H35N/c1-28-8-12-32(13-9-28)16-18-34-20-24-36(25-21-34)39(38-7-5-6-30(3)31(38)4)37-26-22-35(23-27-37)19-17-33-14-10-29(2)11-15-33/h5-27H,1-4H3. The highest BCUT2D eigenvalue weighted by Crippen LogP contribution is 2.37. The molecule has 0 heterocycles. The molecule has 0 bridgehead atoms. The number of aryl methyl sites for hydroxylation is 3. The molecule has 0 saturated carbocycles. The van der Waals surface area contributed by atoms with E-state index in [1.54, 1.807) is 0 Å². The SMILES string of the molecule is Cc1ccc(C=Cc2ccc(N(c3ccc(C=Cc4ccc(C)cc4)cc3)c3cccc(C)c3C)cc2)cc1.